The van der Waals surface area contributed by atoms with Gasteiger partial charge in [-0.05, 0) is 27.4 Å². The molecule has 0 aliphatic heterocycles. The highest BCUT2D eigenvalue weighted by Gasteiger charge is 2.10. The molecular weight excluding hydrogens is 258 g/mol. The number of carboxylic acid groups (broad SMARTS) is 1. The number of hydrogen-bond acceptors (Lipinski definition) is 3. The van der Waals surface area contributed by atoms with Gasteiger partial charge in [-0.3, -0.25) is 4.79 Å². The van der Waals surface area contributed by atoms with Gasteiger partial charge in [0, 0.05) is 9.35 Å². The van der Waals surface area contributed by atoms with Crippen LogP contribution in [-0.2, 0) is 16.1 Å². The third-order valence-electron chi connectivity index (χ3n) is 1.29. The Labute approximate surface area is 86.7 Å². The maximum atomic E-state index is 10.6. The number of carbonyl (C=O) groups excluding carboxylic acids is 1. The first-order valence-corrected chi connectivity index (χ1v) is 5.01. The molecule has 0 saturated heterocycles. The van der Waals surface area contributed by atoms with Crippen LogP contribution in [0.2, 0.25) is 0 Å². The van der Waals surface area contributed by atoms with Crippen molar-refractivity contribution in [3.63, 3.8) is 0 Å². The van der Waals surface area contributed by atoms with Gasteiger partial charge in [0.2, 0.25) is 0 Å². The molecule has 2 N–H and O–H groups in total. The molecule has 0 aliphatic carbocycles. The van der Waals surface area contributed by atoms with E-state index in [4.69, 9.17) is 5.11 Å². The second-order valence-corrected chi connectivity index (χ2v) is 4.03. The summed E-state index contributed by atoms with van der Waals surface area (Å²) in [7, 11) is 0. The zero-order chi connectivity index (χ0) is 9.84. The minimum absolute atomic E-state index is 0.239. The van der Waals surface area contributed by atoms with E-state index in [1.807, 2.05) is 11.4 Å². The molecule has 1 heterocycles. The smallest absolute Gasteiger partial charge is 0.394 e. The lowest BCUT2D eigenvalue weighted by Crippen LogP contribution is -2.29. The first-order chi connectivity index (χ1) is 6.11. The van der Waals surface area contributed by atoms with E-state index in [0.717, 1.165) is 9.35 Å². The minimum Gasteiger partial charge on any atom is -0.474 e. The zero-order valence-electron chi connectivity index (χ0n) is 6.41. The van der Waals surface area contributed by atoms with Gasteiger partial charge < -0.3 is 10.4 Å². The SMILES string of the molecule is O=C(O)C(=O)NCc1sccc1Br. The number of carboxylic acids is 1. The molecule has 1 aromatic rings. The summed E-state index contributed by atoms with van der Waals surface area (Å²) in [5.41, 5.74) is 0. The number of hydrogen-bond donors (Lipinski definition) is 2. The average Bonchev–Trinajstić information content (AvgIpc) is 2.47. The van der Waals surface area contributed by atoms with Crippen LogP contribution < -0.4 is 5.32 Å². The van der Waals surface area contributed by atoms with Crippen LogP contribution >= 0.6 is 27.3 Å². The maximum absolute atomic E-state index is 10.6. The van der Waals surface area contributed by atoms with E-state index >= 15 is 0 Å². The van der Waals surface area contributed by atoms with Gasteiger partial charge in [0.1, 0.15) is 0 Å². The molecule has 0 atom stereocenters. The second-order valence-electron chi connectivity index (χ2n) is 2.18. The van der Waals surface area contributed by atoms with Gasteiger partial charge in [-0.25, -0.2) is 4.79 Å². The van der Waals surface area contributed by atoms with Crippen LogP contribution in [0.4, 0.5) is 0 Å². The summed E-state index contributed by atoms with van der Waals surface area (Å²) >= 11 is 4.71. The molecule has 0 unspecified atom stereocenters. The summed E-state index contributed by atoms with van der Waals surface area (Å²) in [4.78, 5) is 21.6. The summed E-state index contributed by atoms with van der Waals surface area (Å²) in [5, 5.41) is 12.4. The quantitative estimate of drug-likeness (QED) is 0.789. The van der Waals surface area contributed by atoms with E-state index < -0.39 is 11.9 Å². The summed E-state index contributed by atoms with van der Waals surface area (Å²) in [6.07, 6.45) is 0. The molecule has 0 aromatic carbocycles. The van der Waals surface area contributed by atoms with Crippen molar-refractivity contribution < 1.29 is 14.7 Å². The number of rotatable bonds is 2. The van der Waals surface area contributed by atoms with Crippen LogP contribution in [-0.4, -0.2) is 17.0 Å². The van der Waals surface area contributed by atoms with Crippen molar-refractivity contribution in [2.75, 3.05) is 0 Å². The van der Waals surface area contributed by atoms with Gasteiger partial charge in [-0.2, -0.15) is 0 Å². The minimum atomic E-state index is -1.47. The Morgan fingerprint density at radius 2 is 2.31 bits per heavy atom. The van der Waals surface area contributed by atoms with Crippen LogP contribution in [0.5, 0.6) is 0 Å². The highest BCUT2D eigenvalue weighted by Crippen LogP contribution is 2.21. The molecule has 0 spiro atoms. The average molecular weight is 264 g/mol. The van der Waals surface area contributed by atoms with E-state index in [0.29, 0.717) is 0 Å². The zero-order valence-corrected chi connectivity index (χ0v) is 8.81. The highest BCUT2D eigenvalue weighted by molar-refractivity contribution is 9.10. The van der Waals surface area contributed by atoms with Gasteiger partial charge in [-0.1, -0.05) is 0 Å². The largest absolute Gasteiger partial charge is 0.474 e. The first kappa shape index (κ1) is 10.2. The molecular formula is C7H6BrNO3S. The fourth-order valence-electron chi connectivity index (χ4n) is 0.687. The molecule has 0 radical (unpaired) electrons. The lowest BCUT2D eigenvalue weighted by atomic mass is 10.4. The van der Waals surface area contributed by atoms with Gasteiger partial charge in [0.05, 0.1) is 6.54 Å². The Morgan fingerprint density at radius 3 is 2.77 bits per heavy atom. The van der Waals surface area contributed by atoms with Crippen LogP contribution in [0.3, 0.4) is 0 Å². The Morgan fingerprint density at radius 1 is 1.62 bits per heavy atom. The molecule has 1 amide bonds. The highest BCUT2D eigenvalue weighted by atomic mass is 79.9. The van der Waals surface area contributed by atoms with E-state index in [2.05, 4.69) is 21.2 Å². The summed E-state index contributed by atoms with van der Waals surface area (Å²) in [6, 6.07) is 1.84. The number of halogens is 1. The lowest BCUT2D eigenvalue weighted by Gasteiger charge is -1.99. The molecule has 0 bridgehead atoms. The van der Waals surface area contributed by atoms with Crippen molar-refractivity contribution in [1.82, 2.24) is 5.32 Å². The van der Waals surface area contributed by atoms with Crippen molar-refractivity contribution in [2.24, 2.45) is 0 Å². The number of thiophene rings is 1. The standard InChI is InChI=1S/C7H6BrNO3S/c8-4-1-2-13-5(4)3-9-6(10)7(11)12/h1-2H,3H2,(H,9,10)(H,11,12). The van der Waals surface area contributed by atoms with Crippen molar-refractivity contribution in [3.8, 4) is 0 Å². The Bertz CT molecular complexity index is 336. The molecule has 1 rings (SSSR count). The normalized spacial score (nSPS) is 9.62. The van der Waals surface area contributed by atoms with Crippen LogP contribution in [0.25, 0.3) is 0 Å². The van der Waals surface area contributed by atoms with E-state index in [9.17, 15) is 9.59 Å². The fourth-order valence-corrected chi connectivity index (χ4v) is 2.12. The van der Waals surface area contributed by atoms with Gasteiger partial charge in [0.25, 0.3) is 0 Å². The number of carbonyl (C=O) groups is 2. The molecule has 6 heteroatoms. The Kier molecular flexibility index (Phi) is 3.44. The van der Waals surface area contributed by atoms with Gasteiger partial charge in [-0.15, -0.1) is 11.3 Å². The number of nitrogens with one attached hydrogen (secondary N) is 1. The van der Waals surface area contributed by atoms with Crippen molar-refractivity contribution in [2.45, 2.75) is 6.54 Å². The third kappa shape index (κ3) is 2.82. The summed E-state index contributed by atoms with van der Waals surface area (Å²) in [6.45, 7) is 0.239. The van der Waals surface area contributed by atoms with E-state index in [-0.39, 0.29) is 6.54 Å². The third-order valence-corrected chi connectivity index (χ3v) is 3.22. The summed E-state index contributed by atoms with van der Waals surface area (Å²) < 4.78 is 0.878. The molecule has 0 aliphatic rings. The van der Waals surface area contributed by atoms with Crippen LogP contribution in [0.1, 0.15) is 4.88 Å². The second kappa shape index (κ2) is 4.38. The van der Waals surface area contributed by atoms with Crippen molar-refractivity contribution in [1.29, 1.82) is 0 Å². The van der Waals surface area contributed by atoms with Gasteiger partial charge in [0.15, 0.2) is 0 Å². The van der Waals surface area contributed by atoms with Gasteiger partial charge >= 0.3 is 11.9 Å². The lowest BCUT2D eigenvalue weighted by molar-refractivity contribution is -0.150. The van der Waals surface area contributed by atoms with Crippen LogP contribution in [0, 0.1) is 0 Å². The molecule has 1 aromatic heterocycles. The van der Waals surface area contributed by atoms with Crippen LogP contribution in [0.15, 0.2) is 15.9 Å². The molecule has 4 nitrogen and oxygen atoms in total. The molecule has 0 saturated carbocycles. The Hall–Kier alpha value is -0.880. The summed E-state index contributed by atoms with van der Waals surface area (Å²) in [5.74, 6) is -2.45. The fraction of sp³-hybridized carbons (Fsp3) is 0.143. The molecule has 13 heavy (non-hydrogen) atoms. The topological polar surface area (TPSA) is 66.4 Å². The maximum Gasteiger partial charge on any atom is 0.394 e. The first-order valence-electron chi connectivity index (χ1n) is 3.34. The van der Waals surface area contributed by atoms with Crippen molar-refractivity contribution in [3.05, 3.63) is 20.8 Å². The van der Waals surface area contributed by atoms with Crippen molar-refractivity contribution >= 4 is 39.1 Å². The predicted molar refractivity (Wildman–Crippen MR) is 51.5 cm³/mol. The number of aliphatic carboxylic acids is 1. The van der Waals surface area contributed by atoms with E-state index in [1.165, 1.54) is 11.3 Å². The predicted octanol–water partition coefficient (Wildman–Crippen LogP) is 1.21. The van der Waals surface area contributed by atoms with E-state index in [1.54, 1.807) is 0 Å². The molecule has 70 valence electrons. The molecule has 0 fully saturated rings. The monoisotopic (exact) mass is 263 g/mol. The Balaban J connectivity index is 2.48. The number of amides is 1.